The number of hydrogen-bond acceptors (Lipinski definition) is 5. The number of methoxy groups -OCH3 is 1. The zero-order chi connectivity index (χ0) is 19.6. The number of ether oxygens (including phenoxy) is 1. The summed E-state index contributed by atoms with van der Waals surface area (Å²) >= 11 is 0. The van der Waals surface area contributed by atoms with E-state index in [0.717, 1.165) is 31.6 Å². The van der Waals surface area contributed by atoms with Gasteiger partial charge >= 0.3 is 6.09 Å². The number of nitriles is 1. The van der Waals surface area contributed by atoms with E-state index in [2.05, 4.69) is 16.0 Å². The van der Waals surface area contributed by atoms with E-state index in [-0.39, 0.29) is 5.41 Å². The Hall–Kier alpha value is -2.95. The molecule has 0 saturated carbocycles. The Kier molecular flexibility index (Phi) is 5.13. The molecule has 0 bridgehead atoms. The molecular weight excluding hydrogens is 346 g/mol. The van der Waals surface area contributed by atoms with Gasteiger partial charge in [-0.1, -0.05) is 0 Å². The minimum absolute atomic E-state index is 0.00377. The lowest BCUT2D eigenvalue weighted by atomic mass is 9.73. The number of piperidine rings is 1. The van der Waals surface area contributed by atoms with Crippen LogP contribution in [0.1, 0.15) is 18.4 Å². The molecule has 0 atom stereocenters. The fourth-order valence-electron chi connectivity index (χ4n) is 3.91. The number of amides is 1. The number of rotatable bonds is 4. The molecule has 1 aromatic carbocycles. The van der Waals surface area contributed by atoms with E-state index < -0.39 is 6.09 Å². The van der Waals surface area contributed by atoms with Crippen LogP contribution >= 0.6 is 0 Å². The molecule has 0 unspecified atom stereocenters. The van der Waals surface area contributed by atoms with Gasteiger partial charge in [-0.3, -0.25) is 0 Å². The standard InChI is InChI=1S/C19H25N5O3/c1-22(2)13-21-15-8-17(27-3)16(7-14(15)9-20)24-11-19(12-24)5-4-6-23(10-19)18(25)26/h7-8,13H,4-6,10-12H2,1-3H3,(H,25,26)/b21-13-. The normalized spacial score (nSPS) is 18.3. The average molecular weight is 371 g/mol. The van der Waals surface area contributed by atoms with E-state index in [4.69, 9.17) is 4.74 Å². The molecule has 0 radical (unpaired) electrons. The summed E-state index contributed by atoms with van der Waals surface area (Å²) in [4.78, 5) is 21.1. The van der Waals surface area contributed by atoms with Crippen molar-refractivity contribution in [3.05, 3.63) is 17.7 Å². The van der Waals surface area contributed by atoms with Crippen molar-refractivity contribution >= 4 is 23.8 Å². The maximum Gasteiger partial charge on any atom is 0.407 e. The lowest BCUT2D eigenvalue weighted by molar-refractivity contribution is 0.0585. The Balaban J connectivity index is 1.82. The SMILES string of the molecule is COc1cc(/N=C\N(C)C)c(C#N)cc1N1CC2(CCCN(C(=O)O)C2)C1. The van der Waals surface area contributed by atoms with Crippen molar-refractivity contribution in [2.24, 2.45) is 10.4 Å². The third kappa shape index (κ3) is 3.77. The quantitative estimate of drug-likeness (QED) is 0.645. The van der Waals surface area contributed by atoms with E-state index in [9.17, 15) is 15.2 Å². The molecule has 144 valence electrons. The lowest BCUT2D eigenvalue weighted by Crippen LogP contribution is -2.63. The summed E-state index contributed by atoms with van der Waals surface area (Å²) in [5.74, 6) is 0.667. The molecule has 1 aromatic rings. The second-order valence-electron chi connectivity index (χ2n) is 7.52. The van der Waals surface area contributed by atoms with Crippen LogP contribution in [-0.4, -0.2) is 74.7 Å². The summed E-state index contributed by atoms with van der Waals surface area (Å²) in [5, 5.41) is 18.8. The zero-order valence-corrected chi connectivity index (χ0v) is 16.0. The molecule has 1 spiro atoms. The molecule has 3 rings (SSSR count). The minimum Gasteiger partial charge on any atom is -0.495 e. The Morgan fingerprint density at radius 2 is 2.15 bits per heavy atom. The summed E-state index contributed by atoms with van der Waals surface area (Å²) in [6.07, 6.45) is 2.71. The molecule has 27 heavy (non-hydrogen) atoms. The first-order valence-electron chi connectivity index (χ1n) is 8.93. The lowest BCUT2D eigenvalue weighted by Gasteiger charge is -2.55. The number of carbonyl (C=O) groups is 1. The van der Waals surface area contributed by atoms with E-state index >= 15 is 0 Å². The Bertz CT molecular complexity index is 793. The third-order valence-corrected chi connectivity index (χ3v) is 5.17. The van der Waals surface area contributed by atoms with Crippen molar-refractivity contribution in [2.45, 2.75) is 12.8 Å². The molecular formula is C19H25N5O3. The molecule has 1 N–H and O–H groups in total. The van der Waals surface area contributed by atoms with Gasteiger partial charge in [0.2, 0.25) is 0 Å². The van der Waals surface area contributed by atoms with Gasteiger partial charge in [-0.2, -0.15) is 5.26 Å². The highest BCUT2D eigenvalue weighted by atomic mass is 16.5. The zero-order valence-electron chi connectivity index (χ0n) is 16.0. The van der Waals surface area contributed by atoms with Gasteiger partial charge in [0.05, 0.1) is 30.4 Å². The molecule has 2 saturated heterocycles. The molecule has 2 aliphatic heterocycles. The van der Waals surface area contributed by atoms with Crippen LogP contribution in [0, 0.1) is 16.7 Å². The fraction of sp³-hybridized carbons (Fsp3) is 0.526. The van der Waals surface area contributed by atoms with Crippen molar-refractivity contribution < 1.29 is 14.6 Å². The van der Waals surface area contributed by atoms with Gasteiger partial charge < -0.3 is 24.5 Å². The van der Waals surface area contributed by atoms with Gasteiger partial charge in [0.1, 0.15) is 11.8 Å². The first-order chi connectivity index (χ1) is 12.9. The van der Waals surface area contributed by atoms with Crippen LogP contribution in [-0.2, 0) is 0 Å². The van der Waals surface area contributed by atoms with Crippen molar-refractivity contribution in [3.63, 3.8) is 0 Å². The summed E-state index contributed by atoms with van der Waals surface area (Å²) < 4.78 is 5.54. The van der Waals surface area contributed by atoms with Crippen LogP contribution in [0.5, 0.6) is 5.75 Å². The van der Waals surface area contributed by atoms with Crippen LogP contribution < -0.4 is 9.64 Å². The van der Waals surface area contributed by atoms with Gasteiger partial charge in [-0.25, -0.2) is 9.79 Å². The Labute approximate surface area is 159 Å². The van der Waals surface area contributed by atoms with Gasteiger partial charge in [0.15, 0.2) is 0 Å². The van der Waals surface area contributed by atoms with E-state index in [1.54, 1.807) is 24.4 Å². The number of nitrogens with zero attached hydrogens (tertiary/aromatic N) is 5. The number of benzene rings is 1. The molecule has 8 heteroatoms. The Morgan fingerprint density at radius 3 is 2.74 bits per heavy atom. The largest absolute Gasteiger partial charge is 0.495 e. The minimum atomic E-state index is -0.847. The Morgan fingerprint density at radius 1 is 1.41 bits per heavy atom. The highest BCUT2D eigenvalue weighted by Crippen LogP contribution is 2.45. The molecule has 0 aromatic heterocycles. The molecule has 2 heterocycles. The van der Waals surface area contributed by atoms with Crippen LogP contribution in [0.3, 0.4) is 0 Å². The number of carboxylic acid groups (broad SMARTS) is 1. The third-order valence-electron chi connectivity index (χ3n) is 5.17. The van der Waals surface area contributed by atoms with Crippen molar-refractivity contribution in [1.82, 2.24) is 9.80 Å². The fourth-order valence-corrected chi connectivity index (χ4v) is 3.91. The molecule has 0 aliphatic carbocycles. The molecule has 1 amide bonds. The molecule has 2 aliphatic rings. The first-order valence-corrected chi connectivity index (χ1v) is 8.93. The number of hydrogen-bond donors (Lipinski definition) is 1. The van der Waals surface area contributed by atoms with Gasteiger partial charge in [0.25, 0.3) is 0 Å². The van der Waals surface area contributed by atoms with Crippen LogP contribution in [0.15, 0.2) is 17.1 Å². The summed E-state index contributed by atoms with van der Waals surface area (Å²) in [7, 11) is 5.34. The van der Waals surface area contributed by atoms with Crippen LogP contribution in [0.2, 0.25) is 0 Å². The van der Waals surface area contributed by atoms with Crippen molar-refractivity contribution in [3.8, 4) is 11.8 Å². The predicted molar refractivity (Wildman–Crippen MR) is 103 cm³/mol. The van der Waals surface area contributed by atoms with E-state index in [0.29, 0.717) is 30.1 Å². The molecule has 8 nitrogen and oxygen atoms in total. The predicted octanol–water partition coefficient (Wildman–Crippen LogP) is 2.37. The summed E-state index contributed by atoms with van der Waals surface area (Å²) in [6.45, 7) is 2.70. The van der Waals surface area contributed by atoms with Gasteiger partial charge in [0, 0.05) is 51.8 Å². The van der Waals surface area contributed by atoms with Crippen LogP contribution in [0.4, 0.5) is 16.2 Å². The first kappa shape index (κ1) is 18.8. The number of likely N-dealkylation sites (tertiary alicyclic amines) is 1. The maximum atomic E-state index is 11.3. The number of aliphatic imine (C=N–C) groups is 1. The molecule has 2 fully saturated rings. The van der Waals surface area contributed by atoms with Crippen molar-refractivity contribution in [2.75, 3.05) is 52.3 Å². The topological polar surface area (TPSA) is 92.4 Å². The van der Waals surface area contributed by atoms with Crippen LogP contribution in [0.25, 0.3) is 0 Å². The van der Waals surface area contributed by atoms with E-state index in [1.807, 2.05) is 20.2 Å². The second-order valence-corrected chi connectivity index (χ2v) is 7.52. The highest BCUT2D eigenvalue weighted by Gasteiger charge is 2.47. The maximum absolute atomic E-state index is 11.3. The number of anilines is 1. The van der Waals surface area contributed by atoms with E-state index in [1.165, 1.54) is 4.90 Å². The highest BCUT2D eigenvalue weighted by molar-refractivity contribution is 5.74. The summed E-state index contributed by atoms with van der Waals surface area (Å²) in [6, 6.07) is 5.80. The monoisotopic (exact) mass is 371 g/mol. The smallest absolute Gasteiger partial charge is 0.407 e. The average Bonchev–Trinajstić information content (AvgIpc) is 2.63. The van der Waals surface area contributed by atoms with Gasteiger partial charge in [-0.05, 0) is 18.9 Å². The van der Waals surface area contributed by atoms with Gasteiger partial charge in [-0.15, -0.1) is 0 Å². The van der Waals surface area contributed by atoms with Crippen molar-refractivity contribution in [1.29, 1.82) is 5.26 Å². The second kappa shape index (κ2) is 7.35. The summed E-state index contributed by atoms with van der Waals surface area (Å²) in [5.41, 5.74) is 1.91.